The molecule has 3 N–H and O–H groups in total. The van der Waals surface area contributed by atoms with Crippen LogP contribution in [0.4, 0.5) is 4.79 Å². The average Bonchev–Trinajstić information content (AvgIpc) is 3.43. The van der Waals surface area contributed by atoms with Crippen LogP contribution in [0.15, 0.2) is 18.2 Å². The Labute approximate surface area is 225 Å². The summed E-state index contributed by atoms with van der Waals surface area (Å²) in [6, 6.07) is 5.58. The van der Waals surface area contributed by atoms with Gasteiger partial charge >= 0.3 is 12.1 Å². The molecule has 1 aromatic heterocycles. The maximum atomic E-state index is 12.2. The van der Waals surface area contributed by atoms with E-state index in [1.165, 1.54) is 0 Å². The number of aryl methyl sites for hydroxylation is 2. The summed E-state index contributed by atoms with van der Waals surface area (Å²) in [5.41, 5.74) is 3.22. The van der Waals surface area contributed by atoms with Crippen molar-refractivity contribution in [2.24, 2.45) is 11.3 Å². The molecule has 2 heterocycles. The summed E-state index contributed by atoms with van der Waals surface area (Å²) in [6.07, 6.45) is 5.97. The van der Waals surface area contributed by atoms with Crippen LogP contribution >= 0.6 is 0 Å². The van der Waals surface area contributed by atoms with E-state index in [2.05, 4.69) is 30.5 Å². The monoisotopic (exact) mass is 526 g/mol. The number of hydrogen-bond acceptors (Lipinski definition) is 7. The van der Waals surface area contributed by atoms with E-state index in [0.29, 0.717) is 17.8 Å². The number of benzene rings is 1. The molecular formula is C29H42N4O5. The summed E-state index contributed by atoms with van der Waals surface area (Å²) in [7, 11) is 0. The maximum absolute atomic E-state index is 12.2. The second kappa shape index (κ2) is 11.8. The van der Waals surface area contributed by atoms with Gasteiger partial charge in [-0.3, -0.25) is 0 Å². The Bertz CT molecular complexity index is 1150. The van der Waals surface area contributed by atoms with E-state index in [9.17, 15) is 14.7 Å². The fraction of sp³-hybridized carbons (Fsp3) is 0.655. The van der Waals surface area contributed by atoms with Crippen LogP contribution in [0.5, 0.6) is 5.88 Å². The summed E-state index contributed by atoms with van der Waals surface area (Å²) >= 11 is 0. The standard InChI is InChI=1S/C29H42N4O5/c1-17-11-12-21-23(13-17)32-26(37-20-14-18(2)30-16-20)22(31-21)10-8-6-7-9-19-15-24(19)38-28(36)33-25(27(34)35)29(3,4)5/h11-13,18-20,24-25,30H,6-10,14-16H2,1-5H3,(H,33,36)(H,34,35)/t18-,19-,20?,24?,25?/m1/s1. The lowest BCUT2D eigenvalue weighted by Gasteiger charge is -2.27. The first kappa shape index (κ1) is 28.1. The molecule has 0 spiro atoms. The Hall–Kier alpha value is -2.94. The van der Waals surface area contributed by atoms with Crippen LogP contribution in [-0.4, -0.2) is 58.0 Å². The Morgan fingerprint density at radius 2 is 1.95 bits per heavy atom. The van der Waals surface area contributed by atoms with E-state index in [1.807, 2.05) is 12.1 Å². The van der Waals surface area contributed by atoms with Crippen molar-refractivity contribution in [1.82, 2.24) is 20.6 Å². The number of carbonyl (C=O) groups excluding carboxylic acids is 1. The summed E-state index contributed by atoms with van der Waals surface area (Å²) in [5, 5.41) is 15.3. The number of fused-ring (bicyclic) bond motifs is 1. The topological polar surface area (TPSA) is 123 Å². The minimum Gasteiger partial charge on any atom is -0.480 e. The van der Waals surface area contributed by atoms with Crippen molar-refractivity contribution < 1.29 is 24.2 Å². The quantitative estimate of drug-likeness (QED) is 0.358. The zero-order chi connectivity index (χ0) is 27.4. The number of aromatic nitrogens is 2. The fourth-order valence-corrected chi connectivity index (χ4v) is 5.06. The molecule has 208 valence electrons. The molecule has 38 heavy (non-hydrogen) atoms. The number of alkyl carbamates (subject to hydrolysis) is 1. The summed E-state index contributed by atoms with van der Waals surface area (Å²) in [5.74, 6) is -0.0604. The number of amides is 1. The lowest BCUT2D eigenvalue weighted by atomic mass is 9.87. The largest absolute Gasteiger partial charge is 0.480 e. The first-order valence-electron chi connectivity index (χ1n) is 13.9. The number of carbonyl (C=O) groups is 2. The van der Waals surface area contributed by atoms with Gasteiger partial charge < -0.3 is 25.2 Å². The van der Waals surface area contributed by atoms with Gasteiger partial charge in [-0.05, 0) is 68.6 Å². The third-order valence-corrected chi connectivity index (χ3v) is 7.42. The molecule has 1 saturated carbocycles. The zero-order valence-corrected chi connectivity index (χ0v) is 23.3. The lowest BCUT2D eigenvalue weighted by Crippen LogP contribution is -2.49. The molecule has 2 aromatic rings. The number of hydrogen-bond donors (Lipinski definition) is 3. The van der Waals surface area contributed by atoms with Gasteiger partial charge in [0.1, 0.15) is 23.9 Å². The zero-order valence-electron chi connectivity index (χ0n) is 23.3. The number of nitrogens with one attached hydrogen (secondary N) is 2. The second-order valence-corrected chi connectivity index (χ2v) is 12.1. The molecule has 3 unspecified atom stereocenters. The van der Waals surface area contributed by atoms with E-state index in [4.69, 9.17) is 19.4 Å². The minimum atomic E-state index is -1.06. The maximum Gasteiger partial charge on any atom is 0.408 e. The van der Waals surface area contributed by atoms with Gasteiger partial charge in [0.15, 0.2) is 0 Å². The van der Waals surface area contributed by atoms with Gasteiger partial charge in [-0.1, -0.05) is 39.7 Å². The molecule has 2 aliphatic rings. The normalized spacial score (nSPS) is 23.7. The van der Waals surface area contributed by atoms with E-state index in [1.54, 1.807) is 20.8 Å². The number of carboxylic acids is 1. The van der Waals surface area contributed by atoms with Crippen molar-refractivity contribution in [2.75, 3.05) is 6.54 Å². The predicted molar refractivity (Wildman–Crippen MR) is 145 cm³/mol. The van der Waals surface area contributed by atoms with Crippen LogP contribution in [0.25, 0.3) is 11.0 Å². The van der Waals surface area contributed by atoms with Gasteiger partial charge in [0.25, 0.3) is 0 Å². The molecule has 1 aromatic carbocycles. The van der Waals surface area contributed by atoms with Gasteiger partial charge in [0, 0.05) is 19.0 Å². The number of rotatable bonds is 11. The molecule has 4 rings (SSSR count). The summed E-state index contributed by atoms with van der Waals surface area (Å²) < 4.78 is 11.8. The molecule has 0 bridgehead atoms. The van der Waals surface area contributed by atoms with Crippen LogP contribution in [0.3, 0.4) is 0 Å². The SMILES string of the molecule is Cc1ccc2nc(CCCCC[C@@H]3CC3OC(=O)NC(C(=O)O)C(C)(C)C)c(OC3CN[C@H](C)C3)nc2c1. The van der Waals surface area contributed by atoms with Crippen LogP contribution in [-0.2, 0) is 16.0 Å². The molecular weight excluding hydrogens is 484 g/mol. The molecule has 1 aliphatic carbocycles. The Morgan fingerprint density at radius 3 is 2.63 bits per heavy atom. The summed E-state index contributed by atoms with van der Waals surface area (Å²) in [6.45, 7) is 10.4. The van der Waals surface area contributed by atoms with E-state index in [0.717, 1.165) is 73.8 Å². The van der Waals surface area contributed by atoms with Crippen molar-refractivity contribution in [3.8, 4) is 5.88 Å². The van der Waals surface area contributed by atoms with Crippen LogP contribution in [0, 0.1) is 18.3 Å². The number of nitrogens with zero attached hydrogens (tertiary/aromatic N) is 2. The molecule has 9 heteroatoms. The average molecular weight is 527 g/mol. The van der Waals surface area contributed by atoms with Gasteiger partial charge in [0.05, 0.1) is 11.0 Å². The molecule has 1 amide bonds. The van der Waals surface area contributed by atoms with Crippen LogP contribution in [0.2, 0.25) is 0 Å². The predicted octanol–water partition coefficient (Wildman–Crippen LogP) is 4.78. The second-order valence-electron chi connectivity index (χ2n) is 12.1. The molecule has 2 fully saturated rings. The van der Waals surface area contributed by atoms with Gasteiger partial charge in [-0.25, -0.2) is 19.6 Å². The highest BCUT2D eigenvalue weighted by Gasteiger charge is 2.41. The third-order valence-electron chi connectivity index (χ3n) is 7.42. The van der Waals surface area contributed by atoms with E-state index >= 15 is 0 Å². The van der Waals surface area contributed by atoms with Crippen molar-refractivity contribution >= 4 is 23.1 Å². The molecule has 1 saturated heterocycles. The van der Waals surface area contributed by atoms with Crippen molar-refractivity contribution in [3.63, 3.8) is 0 Å². The lowest BCUT2D eigenvalue weighted by molar-refractivity contribution is -0.142. The van der Waals surface area contributed by atoms with Gasteiger partial charge in [0.2, 0.25) is 5.88 Å². The Morgan fingerprint density at radius 1 is 1.16 bits per heavy atom. The van der Waals surface area contributed by atoms with E-state index < -0.39 is 23.5 Å². The van der Waals surface area contributed by atoms with E-state index in [-0.39, 0.29) is 12.2 Å². The van der Waals surface area contributed by atoms with Crippen molar-refractivity contribution in [1.29, 1.82) is 0 Å². The molecule has 0 radical (unpaired) electrons. The molecule has 5 atom stereocenters. The third kappa shape index (κ3) is 7.56. The highest BCUT2D eigenvalue weighted by atomic mass is 16.6. The van der Waals surface area contributed by atoms with Crippen molar-refractivity contribution in [2.45, 2.75) is 104 Å². The first-order chi connectivity index (χ1) is 18.0. The first-order valence-corrected chi connectivity index (χ1v) is 13.9. The highest BCUT2D eigenvalue weighted by molar-refractivity contribution is 5.80. The Kier molecular flexibility index (Phi) is 8.75. The fourth-order valence-electron chi connectivity index (χ4n) is 5.06. The number of ether oxygens (including phenoxy) is 2. The molecule has 1 aliphatic heterocycles. The smallest absolute Gasteiger partial charge is 0.408 e. The highest BCUT2D eigenvalue weighted by Crippen LogP contribution is 2.38. The van der Waals surface area contributed by atoms with Crippen molar-refractivity contribution in [3.05, 3.63) is 29.5 Å². The number of carboxylic acid groups (broad SMARTS) is 1. The van der Waals surface area contributed by atoms with Gasteiger partial charge in [-0.15, -0.1) is 0 Å². The Balaban J connectivity index is 1.23. The number of aliphatic carboxylic acids is 1. The molecule has 9 nitrogen and oxygen atoms in total. The summed E-state index contributed by atoms with van der Waals surface area (Å²) in [4.78, 5) is 33.4. The minimum absolute atomic E-state index is 0.110. The van der Waals surface area contributed by atoms with Gasteiger partial charge in [-0.2, -0.15) is 0 Å². The van der Waals surface area contributed by atoms with Crippen LogP contribution < -0.4 is 15.4 Å². The van der Waals surface area contributed by atoms with Crippen LogP contribution in [0.1, 0.15) is 77.5 Å². The number of unbranched alkanes of at least 4 members (excludes halogenated alkanes) is 2.